The van der Waals surface area contributed by atoms with Crippen molar-refractivity contribution in [3.8, 4) is 23.0 Å². The molecule has 0 fully saturated rings. The SMILES string of the molecule is COc1ccc(CN(c2cc(OC)c(OC)c(OC)c2)S(=O)(=O)c2ccc(C)cc2)cc1. The topological polar surface area (TPSA) is 74.3 Å². The minimum atomic E-state index is -3.90. The van der Waals surface area contributed by atoms with E-state index in [1.165, 1.54) is 25.6 Å². The third-order valence-corrected chi connectivity index (χ3v) is 6.82. The van der Waals surface area contributed by atoms with Gasteiger partial charge in [-0.15, -0.1) is 0 Å². The summed E-state index contributed by atoms with van der Waals surface area (Å²) in [4.78, 5) is 0.186. The first kappa shape index (κ1) is 23.3. The van der Waals surface area contributed by atoms with Crippen molar-refractivity contribution in [2.24, 2.45) is 0 Å². The number of sulfonamides is 1. The molecule has 0 unspecified atom stereocenters. The van der Waals surface area contributed by atoms with Gasteiger partial charge in [0, 0.05) is 12.1 Å². The first-order chi connectivity index (χ1) is 15.3. The molecule has 170 valence electrons. The molecule has 0 N–H and O–H groups in total. The van der Waals surface area contributed by atoms with E-state index in [2.05, 4.69) is 0 Å². The summed E-state index contributed by atoms with van der Waals surface area (Å²) in [5.41, 5.74) is 2.14. The van der Waals surface area contributed by atoms with Gasteiger partial charge in [-0.3, -0.25) is 4.31 Å². The van der Waals surface area contributed by atoms with Crippen LogP contribution in [0.4, 0.5) is 5.69 Å². The molecule has 0 atom stereocenters. The summed E-state index contributed by atoms with van der Waals surface area (Å²) in [5, 5.41) is 0. The Morgan fingerprint density at radius 1 is 0.750 bits per heavy atom. The summed E-state index contributed by atoms with van der Waals surface area (Å²) < 4.78 is 50.2. The molecule has 0 aliphatic carbocycles. The van der Waals surface area contributed by atoms with Gasteiger partial charge >= 0.3 is 0 Å². The molecule has 0 saturated heterocycles. The Balaban J connectivity index is 2.16. The van der Waals surface area contributed by atoms with Crippen LogP contribution in [-0.2, 0) is 16.6 Å². The van der Waals surface area contributed by atoms with Crippen LogP contribution in [0.5, 0.6) is 23.0 Å². The van der Waals surface area contributed by atoms with Crippen molar-refractivity contribution in [2.75, 3.05) is 32.7 Å². The minimum Gasteiger partial charge on any atom is -0.497 e. The molecule has 3 aromatic rings. The third-order valence-electron chi connectivity index (χ3n) is 5.03. The largest absolute Gasteiger partial charge is 0.497 e. The maximum atomic E-state index is 13.7. The molecule has 0 bridgehead atoms. The summed E-state index contributed by atoms with van der Waals surface area (Å²) in [6.07, 6.45) is 0. The van der Waals surface area contributed by atoms with E-state index < -0.39 is 10.0 Å². The van der Waals surface area contributed by atoms with Crippen molar-refractivity contribution in [1.82, 2.24) is 0 Å². The van der Waals surface area contributed by atoms with Crippen LogP contribution in [0, 0.1) is 6.92 Å². The summed E-state index contributed by atoms with van der Waals surface area (Å²) in [5.74, 6) is 1.80. The number of anilines is 1. The van der Waals surface area contributed by atoms with E-state index in [9.17, 15) is 8.42 Å². The van der Waals surface area contributed by atoms with E-state index in [0.29, 0.717) is 28.7 Å². The van der Waals surface area contributed by atoms with Crippen molar-refractivity contribution in [1.29, 1.82) is 0 Å². The van der Waals surface area contributed by atoms with E-state index in [-0.39, 0.29) is 11.4 Å². The Labute approximate surface area is 189 Å². The van der Waals surface area contributed by atoms with Crippen LogP contribution in [0.25, 0.3) is 0 Å². The molecule has 0 heterocycles. The van der Waals surface area contributed by atoms with Crippen LogP contribution in [0.2, 0.25) is 0 Å². The van der Waals surface area contributed by atoms with E-state index >= 15 is 0 Å². The number of hydrogen-bond acceptors (Lipinski definition) is 6. The van der Waals surface area contributed by atoms with Gasteiger partial charge in [-0.2, -0.15) is 0 Å². The van der Waals surface area contributed by atoms with Crippen LogP contribution in [0.3, 0.4) is 0 Å². The van der Waals surface area contributed by atoms with Crippen LogP contribution in [0.15, 0.2) is 65.6 Å². The Kier molecular flexibility index (Phi) is 7.15. The molecule has 3 rings (SSSR count). The maximum absolute atomic E-state index is 13.7. The number of nitrogens with zero attached hydrogens (tertiary/aromatic N) is 1. The van der Waals surface area contributed by atoms with Gasteiger partial charge in [-0.05, 0) is 36.8 Å². The number of ether oxygens (including phenoxy) is 4. The smallest absolute Gasteiger partial charge is 0.264 e. The number of methoxy groups -OCH3 is 4. The fraction of sp³-hybridized carbons (Fsp3) is 0.250. The van der Waals surface area contributed by atoms with Crippen molar-refractivity contribution in [2.45, 2.75) is 18.4 Å². The normalized spacial score (nSPS) is 11.0. The highest BCUT2D eigenvalue weighted by atomic mass is 32.2. The molecule has 8 heteroatoms. The molecule has 32 heavy (non-hydrogen) atoms. The van der Waals surface area contributed by atoms with Gasteiger partial charge in [0.15, 0.2) is 11.5 Å². The van der Waals surface area contributed by atoms with Gasteiger partial charge in [0.2, 0.25) is 5.75 Å². The highest BCUT2D eigenvalue weighted by Gasteiger charge is 2.28. The van der Waals surface area contributed by atoms with Gasteiger partial charge in [0.25, 0.3) is 10.0 Å². The van der Waals surface area contributed by atoms with Crippen molar-refractivity contribution >= 4 is 15.7 Å². The predicted molar refractivity (Wildman–Crippen MR) is 124 cm³/mol. The van der Waals surface area contributed by atoms with Crippen molar-refractivity contribution in [3.63, 3.8) is 0 Å². The summed E-state index contributed by atoms with van der Waals surface area (Å²) in [6, 6.07) is 17.2. The molecule has 0 aromatic heterocycles. The lowest BCUT2D eigenvalue weighted by Crippen LogP contribution is -2.30. The number of aryl methyl sites for hydroxylation is 1. The van der Waals surface area contributed by atoms with Crippen LogP contribution < -0.4 is 23.3 Å². The lowest BCUT2D eigenvalue weighted by atomic mass is 10.2. The third kappa shape index (κ3) is 4.75. The molecule has 0 radical (unpaired) electrons. The second kappa shape index (κ2) is 9.82. The molecular formula is C24H27NO6S. The Morgan fingerprint density at radius 3 is 1.78 bits per heavy atom. The molecule has 7 nitrogen and oxygen atoms in total. The molecule has 0 spiro atoms. The molecule has 0 aliphatic heterocycles. The average molecular weight is 458 g/mol. The lowest BCUT2D eigenvalue weighted by Gasteiger charge is -2.26. The Morgan fingerprint density at radius 2 is 1.31 bits per heavy atom. The van der Waals surface area contributed by atoms with E-state index in [1.54, 1.807) is 55.6 Å². The second-order valence-corrected chi connectivity index (χ2v) is 8.92. The van der Waals surface area contributed by atoms with Gasteiger partial charge in [0.1, 0.15) is 5.75 Å². The van der Waals surface area contributed by atoms with Gasteiger partial charge < -0.3 is 18.9 Å². The minimum absolute atomic E-state index is 0.0961. The van der Waals surface area contributed by atoms with Crippen molar-refractivity contribution in [3.05, 3.63) is 71.8 Å². The number of benzene rings is 3. The summed E-state index contributed by atoms with van der Waals surface area (Å²) >= 11 is 0. The van der Waals surface area contributed by atoms with Crippen LogP contribution in [0.1, 0.15) is 11.1 Å². The zero-order chi connectivity index (χ0) is 23.3. The maximum Gasteiger partial charge on any atom is 0.264 e. The summed E-state index contributed by atoms with van der Waals surface area (Å²) in [7, 11) is 2.16. The van der Waals surface area contributed by atoms with E-state index in [4.69, 9.17) is 18.9 Å². The molecule has 0 amide bonds. The Hall–Kier alpha value is -3.39. The predicted octanol–water partition coefficient (Wildman–Crippen LogP) is 4.42. The highest BCUT2D eigenvalue weighted by Crippen LogP contribution is 2.42. The van der Waals surface area contributed by atoms with Gasteiger partial charge in [0.05, 0.1) is 45.6 Å². The standard InChI is InChI=1S/C24H27NO6S/c1-17-6-12-21(13-7-17)32(26,27)25(16-18-8-10-20(28-2)11-9-18)19-14-22(29-3)24(31-5)23(15-19)30-4/h6-15H,16H2,1-5H3. The van der Waals surface area contributed by atoms with Crippen LogP contribution in [-0.4, -0.2) is 36.9 Å². The first-order valence-electron chi connectivity index (χ1n) is 9.86. The van der Waals surface area contributed by atoms with Gasteiger partial charge in [-0.25, -0.2) is 8.42 Å². The Bertz CT molecular complexity index is 1130. The number of hydrogen-bond donors (Lipinski definition) is 0. The zero-order valence-electron chi connectivity index (χ0n) is 18.8. The first-order valence-corrected chi connectivity index (χ1v) is 11.3. The number of rotatable bonds is 9. The van der Waals surface area contributed by atoms with E-state index in [1.807, 2.05) is 19.1 Å². The average Bonchev–Trinajstić information content (AvgIpc) is 2.82. The van der Waals surface area contributed by atoms with Crippen molar-refractivity contribution < 1.29 is 27.4 Å². The molecule has 0 aliphatic rings. The quantitative estimate of drug-likeness (QED) is 0.473. The zero-order valence-corrected chi connectivity index (χ0v) is 19.6. The molecule has 3 aromatic carbocycles. The van der Waals surface area contributed by atoms with Crippen LogP contribution >= 0.6 is 0 Å². The molecular weight excluding hydrogens is 430 g/mol. The fourth-order valence-corrected chi connectivity index (χ4v) is 4.70. The highest BCUT2D eigenvalue weighted by molar-refractivity contribution is 7.92. The van der Waals surface area contributed by atoms with E-state index in [0.717, 1.165) is 11.1 Å². The monoisotopic (exact) mass is 457 g/mol. The second-order valence-electron chi connectivity index (χ2n) is 7.06. The summed E-state index contributed by atoms with van der Waals surface area (Å²) in [6.45, 7) is 2.00. The van der Waals surface area contributed by atoms with Gasteiger partial charge in [-0.1, -0.05) is 29.8 Å². The molecule has 0 saturated carbocycles. The fourth-order valence-electron chi connectivity index (χ4n) is 3.26. The lowest BCUT2D eigenvalue weighted by molar-refractivity contribution is 0.324.